The van der Waals surface area contributed by atoms with Crippen LogP contribution in [0.15, 0.2) is 30.3 Å². The van der Waals surface area contributed by atoms with Crippen LogP contribution in [0, 0.1) is 11.8 Å². The summed E-state index contributed by atoms with van der Waals surface area (Å²) in [6.45, 7) is 7.53. The number of piperidine rings is 1. The second-order valence-corrected chi connectivity index (χ2v) is 11.2. The standard InChI is InChI=1S/C25H33N5O3S/c1-25(2,3)30-16-19(15-21(30)31)23(33)29-13-11-18(12-14-29)22(32)26-24-28-27-20(34-24)10-9-17-7-5-4-6-8-17/h4-8,18-19H,9-16H2,1-3H3,(H,26,28,32). The number of aryl methyl sites for hydroxylation is 2. The molecular formula is C25H33N5O3S. The Kier molecular flexibility index (Phi) is 7.30. The molecule has 0 aliphatic carbocycles. The number of hydrogen-bond acceptors (Lipinski definition) is 6. The van der Waals surface area contributed by atoms with E-state index in [1.165, 1.54) is 16.9 Å². The fraction of sp³-hybridized carbons (Fsp3) is 0.560. The Balaban J connectivity index is 1.23. The highest BCUT2D eigenvalue weighted by Gasteiger charge is 2.41. The normalized spacial score (nSPS) is 19.5. The molecule has 9 heteroatoms. The lowest BCUT2D eigenvalue weighted by atomic mass is 9.94. The molecule has 1 aromatic carbocycles. The summed E-state index contributed by atoms with van der Waals surface area (Å²) in [5.74, 6) is -0.427. The van der Waals surface area contributed by atoms with Gasteiger partial charge in [-0.25, -0.2) is 0 Å². The maximum absolute atomic E-state index is 13.0. The van der Waals surface area contributed by atoms with E-state index in [4.69, 9.17) is 0 Å². The first-order chi connectivity index (χ1) is 16.2. The maximum atomic E-state index is 13.0. The van der Waals surface area contributed by atoms with Crippen LogP contribution in [-0.2, 0) is 27.2 Å². The molecule has 1 unspecified atom stereocenters. The smallest absolute Gasteiger partial charge is 0.229 e. The van der Waals surface area contributed by atoms with Crippen LogP contribution in [0.25, 0.3) is 0 Å². The van der Waals surface area contributed by atoms with Crippen LogP contribution in [0.1, 0.15) is 50.6 Å². The monoisotopic (exact) mass is 483 g/mol. The van der Waals surface area contributed by atoms with Crippen molar-refractivity contribution >= 4 is 34.2 Å². The topological polar surface area (TPSA) is 95.5 Å². The zero-order valence-corrected chi connectivity index (χ0v) is 20.9. The van der Waals surface area contributed by atoms with Crippen LogP contribution in [0.3, 0.4) is 0 Å². The summed E-state index contributed by atoms with van der Waals surface area (Å²) < 4.78 is 0. The van der Waals surface area contributed by atoms with E-state index in [9.17, 15) is 14.4 Å². The molecule has 1 aromatic heterocycles. The van der Waals surface area contributed by atoms with Crippen LogP contribution >= 0.6 is 11.3 Å². The van der Waals surface area contributed by atoms with Gasteiger partial charge in [-0.05, 0) is 45.6 Å². The van der Waals surface area contributed by atoms with Crippen molar-refractivity contribution in [3.63, 3.8) is 0 Å². The van der Waals surface area contributed by atoms with Crippen LogP contribution in [0.5, 0.6) is 0 Å². The fourth-order valence-electron chi connectivity index (χ4n) is 4.65. The summed E-state index contributed by atoms with van der Waals surface area (Å²) in [4.78, 5) is 41.7. The molecule has 0 spiro atoms. The highest BCUT2D eigenvalue weighted by molar-refractivity contribution is 7.15. The third kappa shape index (κ3) is 5.81. The number of carbonyl (C=O) groups is 3. The van der Waals surface area contributed by atoms with Gasteiger partial charge in [0.05, 0.1) is 5.92 Å². The van der Waals surface area contributed by atoms with Crippen molar-refractivity contribution in [2.24, 2.45) is 11.8 Å². The molecule has 4 rings (SSSR count). The van der Waals surface area contributed by atoms with E-state index in [2.05, 4.69) is 27.6 Å². The highest BCUT2D eigenvalue weighted by atomic mass is 32.1. The molecule has 2 fully saturated rings. The summed E-state index contributed by atoms with van der Waals surface area (Å²) in [5.41, 5.74) is 0.973. The van der Waals surface area contributed by atoms with Gasteiger partial charge in [-0.1, -0.05) is 41.7 Å². The Morgan fingerprint density at radius 1 is 1.06 bits per heavy atom. The molecular weight excluding hydrogens is 450 g/mol. The molecule has 1 N–H and O–H groups in total. The average molecular weight is 484 g/mol. The quantitative estimate of drug-likeness (QED) is 0.681. The van der Waals surface area contributed by atoms with Gasteiger partial charge in [0.1, 0.15) is 5.01 Å². The molecule has 1 atom stereocenters. The molecule has 2 aliphatic rings. The van der Waals surface area contributed by atoms with E-state index < -0.39 is 0 Å². The predicted octanol–water partition coefficient (Wildman–Crippen LogP) is 3.15. The SMILES string of the molecule is CC(C)(C)N1CC(C(=O)N2CCC(C(=O)Nc3nnc(CCc4ccccc4)s3)CC2)CC1=O. The van der Waals surface area contributed by atoms with Gasteiger partial charge in [-0.15, -0.1) is 10.2 Å². The van der Waals surface area contributed by atoms with Gasteiger partial charge in [0.25, 0.3) is 0 Å². The molecule has 3 heterocycles. The lowest BCUT2D eigenvalue weighted by Gasteiger charge is -2.34. The zero-order valence-electron chi connectivity index (χ0n) is 20.1. The van der Waals surface area contributed by atoms with Gasteiger partial charge in [0.2, 0.25) is 22.9 Å². The van der Waals surface area contributed by atoms with Crippen LogP contribution in [0.4, 0.5) is 5.13 Å². The molecule has 8 nitrogen and oxygen atoms in total. The summed E-state index contributed by atoms with van der Waals surface area (Å²) in [5, 5.41) is 12.7. The van der Waals surface area contributed by atoms with Crippen molar-refractivity contribution in [3.05, 3.63) is 40.9 Å². The first kappa shape index (κ1) is 24.3. The molecule has 182 valence electrons. The Morgan fingerprint density at radius 3 is 2.41 bits per heavy atom. The van der Waals surface area contributed by atoms with E-state index in [-0.39, 0.29) is 41.5 Å². The summed E-state index contributed by atoms with van der Waals surface area (Å²) >= 11 is 1.41. The number of amides is 3. The van der Waals surface area contributed by atoms with Crippen molar-refractivity contribution in [1.29, 1.82) is 0 Å². The largest absolute Gasteiger partial charge is 0.342 e. The average Bonchev–Trinajstić information content (AvgIpc) is 3.44. The van der Waals surface area contributed by atoms with Gasteiger partial charge in [-0.3, -0.25) is 14.4 Å². The van der Waals surface area contributed by atoms with Gasteiger partial charge >= 0.3 is 0 Å². The number of nitrogens with zero attached hydrogens (tertiary/aromatic N) is 4. The second kappa shape index (κ2) is 10.2. The van der Waals surface area contributed by atoms with Gasteiger partial charge in [0.15, 0.2) is 0 Å². The molecule has 2 aromatic rings. The van der Waals surface area contributed by atoms with E-state index in [0.29, 0.717) is 37.6 Å². The molecule has 0 radical (unpaired) electrons. The molecule has 0 saturated carbocycles. The zero-order chi connectivity index (χ0) is 24.3. The Bertz CT molecular complexity index is 1020. The van der Waals surface area contributed by atoms with Gasteiger partial charge in [-0.2, -0.15) is 0 Å². The van der Waals surface area contributed by atoms with Crippen LogP contribution in [0.2, 0.25) is 0 Å². The third-order valence-electron chi connectivity index (χ3n) is 6.63. The van der Waals surface area contributed by atoms with Gasteiger partial charge in [0, 0.05) is 43.9 Å². The minimum absolute atomic E-state index is 0.0335. The maximum Gasteiger partial charge on any atom is 0.229 e. The van der Waals surface area contributed by atoms with E-state index >= 15 is 0 Å². The van der Waals surface area contributed by atoms with Crippen molar-refractivity contribution in [1.82, 2.24) is 20.0 Å². The van der Waals surface area contributed by atoms with Gasteiger partial charge < -0.3 is 15.1 Å². The van der Waals surface area contributed by atoms with E-state index in [0.717, 1.165) is 17.8 Å². The van der Waals surface area contributed by atoms with Crippen molar-refractivity contribution in [2.75, 3.05) is 25.0 Å². The Labute approximate surface area is 204 Å². The van der Waals surface area contributed by atoms with Crippen molar-refractivity contribution in [3.8, 4) is 0 Å². The number of carbonyl (C=O) groups excluding carboxylic acids is 3. The number of likely N-dealkylation sites (tertiary alicyclic amines) is 2. The molecule has 34 heavy (non-hydrogen) atoms. The minimum Gasteiger partial charge on any atom is -0.342 e. The van der Waals surface area contributed by atoms with E-state index in [1.807, 2.05) is 43.9 Å². The fourth-order valence-corrected chi connectivity index (χ4v) is 5.39. The number of rotatable bonds is 6. The number of hydrogen-bond donors (Lipinski definition) is 1. The highest BCUT2D eigenvalue weighted by Crippen LogP contribution is 2.29. The minimum atomic E-state index is -0.284. The predicted molar refractivity (Wildman–Crippen MR) is 131 cm³/mol. The van der Waals surface area contributed by atoms with E-state index in [1.54, 1.807) is 4.90 Å². The number of nitrogens with one attached hydrogen (secondary N) is 1. The molecule has 0 bridgehead atoms. The third-order valence-corrected chi connectivity index (χ3v) is 7.53. The van der Waals surface area contributed by atoms with Crippen molar-refractivity contribution in [2.45, 2.75) is 58.4 Å². The van der Waals surface area contributed by atoms with Crippen LogP contribution in [-0.4, -0.2) is 62.9 Å². The molecule has 2 aliphatic heterocycles. The number of aromatic nitrogens is 2. The Hall–Kier alpha value is -2.81. The number of anilines is 1. The lowest BCUT2D eigenvalue weighted by Crippen LogP contribution is -2.46. The van der Waals surface area contributed by atoms with Crippen LogP contribution < -0.4 is 5.32 Å². The number of benzene rings is 1. The second-order valence-electron chi connectivity index (χ2n) is 10.2. The first-order valence-electron chi connectivity index (χ1n) is 12.0. The summed E-state index contributed by atoms with van der Waals surface area (Å²) in [7, 11) is 0. The van der Waals surface area contributed by atoms with Crippen molar-refractivity contribution < 1.29 is 14.4 Å². The molecule has 2 saturated heterocycles. The summed E-state index contributed by atoms with van der Waals surface area (Å²) in [6.07, 6.45) is 3.17. The summed E-state index contributed by atoms with van der Waals surface area (Å²) in [6, 6.07) is 10.2. The first-order valence-corrected chi connectivity index (χ1v) is 12.8. The Morgan fingerprint density at radius 2 is 1.76 bits per heavy atom. The molecule has 3 amide bonds. The lowest BCUT2D eigenvalue weighted by molar-refractivity contribution is -0.138.